The number of likely N-dealkylation sites (tertiary alicyclic amines) is 1. The fraction of sp³-hybridized carbons (Fsp3) is 0.800. The molecule has 1 saturated heterocycles. The summed E-state index contributed by atoms with van der Waals surface area (Å²) in [5, 5.41) is 8.74. The van der Waals surface area contributed by atoms with Gasteiger partial charge < -0.3 is 0 Å². The number of carbonyl (C=O) groups excluding carboxylic acids is 1. The molecular weight excluding hydrogens is 164 g/mol. The van der Waals surface area contributed by atoms with Gasteiger partial charge in [-0.2, -0.15) is 5.26 Å². The summed E-state index contributed by atoms with van der Waals surface area (Å²) in [6.07, 6.45) is 1.51. The van der Waals surface area contributed by atoms with Crippen molar-refractivity contribution in [1.82, 2.24) is 4.90 Å². The Labute approximate surface area is 79.3 Å². The summed E-state index contributed by atoms with van der Waals surface area (Å²) in [6, 6.07) is 2.16. The van der Waals surface area contributed by atoms with Gasteiger partial charge in [0.2, 0.25) is 0 Å². The molecule has 1 heterocycles. The lowest BCUT2D eigenvalue weighted by Gasteiger charge is -2.32. The maximum Gasteiger partial charge on any atom is 0.138 e. The van der Waals surface area contributed by atoms with Crippen LogP contribution in [0.15, 0.2) is 0 Å². The highest BCUT2D eigenvalue weighted by Gasteiger charge is 2.27. The first kappa shape index (κ1) is 10.2. The van der Waals surface area contributed by atoms with Crippen molar-refractivity contribution in [3.8, 4) is 6.07 Å². The number of Topliss-reactive ketones (excluding diaryl/α,β-unsaturated/α-hetero) is 1. The van der Waals surface area contributed by atoms with Gasteiger partial charge in [-0.05, 0) is 13.3 Å². The molecule has 0 spiro atoms. The number of hydrogen-bond acceptors (Lipinski definition) is 3. The Morgan fingerprint density at radius 2 is 2.46 bits per heavy atom. The van der Waals surface area contributed by atoms with Gasteiger partial charge in [-0.25, -0.2) is 0 Å². The van der Waals surface area contributed by atoms with E-state index in [1.807, 2.05) is 13.8 Å². The van der Waals surface area contributed by atoms with Crippen LogP contribution in [0.2, 0.25) is 0 Å². The number of nitrogens with zero attached hydrogens (tertiary/aromatic N) is 2. The van der Waals surface area contributed by atoms with Gasteiger partial charge in [0.05, 0.1) is 12.1 Å². The molecule has 1 aliphatic heterocycles. The highest BCUT2D eigenvalue weighted by atomic mass is 16.1. The molecule has 1 rings (SSSR count). The summed E-state index contributed by atoms with van der Waals surface area (Å²) in [5.41, 5.74) is 0. The molecule has 2 unspecified atom stereocenters. The lowest BCUT2D eigenvalue weighted by molar-refractivity contribution is -0.126. The average molecular weight is 180 g/mol. The topological polar surface area (TPSA) is 44.1 Å². The lowest BCUT2D eigenvalue weighted by atomic mass is 9.93. The van der Waals surface area contributed by atoms with Gasteiger partial charge in [0.1, 0.15) is 5.78 Å². The highest BCUT2D eigenvalue weighted by molar-refractivity contribution is 5.82. The number of rotatable bonds is 2. The molecule has 3 nitrogen and oxygen atoms in total. The summed E-state index contributed by atoms with van der Waals surface area (Å²) < 4.78 is 0. The fourth-order valence-electron chi connectivity index (χ4n) is 1.72. The smallest absolute Gasteiger partial charge is 0.138 e. The van der Waals surface area contributed by atoms with E-state index in [-0.39, 0.29) is 12.0 Å². The molecule has 0 amide bonds. The molecule has 0 radical (unpaired) electrons. The second-order valence-electron chi connectivity index (χ2n) is 3.62. The Bertz CT molecular complexity index is 232. The van der Waals surface area contributed by atoms with Crippen molar-refractivity contribution in [2.24, 2.45) is 5.92 Å². The summed E-state index contributed by atoms with van der Waals surface area (Å²) in [4.78, 5) is 13.5. The molecule has 0 saturated carbocycles. The normalized spacial score (nSPS) is 26.8. The number of nitriles is 1. The SMILES string of the molecule is CCC1CN(C(C)C#N)CCC1=O. The van der Waals surface area contributed by atoms with Crippen molar-refractivity contribution in [2.45, 2.75) is 32.7 Å². The van der Waals surface area contributed by atoms with Crippen molar-refractivity contribution in [2.75, 3.05) is 13.1 Å². The minimum Gasteiger partial charge on any atom is -0.299 e. The lowest BCUT2D eigenvalue weighted by Crippen LogP contribution is -2.44. The Hall–Kier alpha value is -0.880. The third kappa shape index (κ3) is 2.28. The number of hydrogen-bond donors (Lipinski definition) is 0. The van der Waals surface area contributed by atoms with Crippen LogP contribution in [0, 0.1) is 17.2 Å². The van der Waals surface area contributed by atoms with E-state index in [0.29, 0.717) is 12.2 Å². The molecule has 3 heteroatoms. The quantitative estimate of drug-likeness (QED) is 0.641. The van der Waals surface area contributed by atoms with E-state index in [9.17, 15) is 4.79 Å². The summed E-state index contributed by atoms with van der Waals surface area (Å²) in [6.45, 7) is 5.44. The Morgan fingerprint density at radius 3 is 3.00 bits per heavy atom. The molecule has 0 aromatic carbocycles. The molecule has 13 heavy (non-hydrogen) atoms. The number of ketones is 1. The number of carbonyl (C=O) groups is 1. The zero-order chi connectivity index (χ0) is 9.84. The predicted octanol–water partition coefficient (Wildman–Crippen LogP) is 1.20. The summed E-state index contributed by atoms with van der Waals surface area (Å²) >= 11 is 0. The Morgan fingerprint density at radius 1 is 1.77 bits per heavy atom. The van der Waals surface area contributed by atoms with Crippen LogP contribution in [0.25, 0.3) is 0 Å². The first-order valence-electron chi connectivity index (χ1n) is 4.85. The third-order valence-corrected chi connectivity index (χ3v) is 2.78. The minimum atomic E-state index is -0.0536. The zero-order valence-electron chi connectivity index (χ0n) is 8.29. The molecule has 0 aromatic rings. The van der Waals surface area contributed by atoms with Gasteiger partial charge in [0, 0.05) is 25.4 Å². The summed E-state index contributed by atoms with van der Waals surface area (Å²) in [5.74, 6) is 0.522. The minimum absolute atomic E-state index is 0.0536. The van der Waals surface area contributed by atoms with E-state index < -0.39 is 0 Å². The first-order chi connectivity index (χ1) is 6.19. The van der Waals surface area contributed by atoms with Crippen molar-refractivity contribution in [3.63, 3.8) is 0 Å². The largest absolute Gasteiger partial charge is 0.299 e. The van der Waals surface area contributed by atoms with Gasteiger partial charge in [-0.1, -0.05) is 6.92 Å². The van der Waals surface area contributed by atoms with Gasteiger partial charge in [0.15, 0.2) is 0 Å². The van der Waals surface area contributed by atoms with E-state index in [1.165, 1.54) is 0 Å². The van der Waals surface area contributed by atoms with Crippen molar-refractivity contribution < 1.29 is 4.79 Å². The molecule has 1 aliphatic rings. The van der Waals surface area contributed by atoms with Crippen LogP contribution in [-0.4, -0.2) is 29.8 Å². The van der Waals surface area contributed by atoms with Crippen LogP contribution in [0.4, 0.5) is 0 Å². The third-order valence-electron chi connectivity index (χ3n) is 2.78. The summed E-state index contributed by atoms with van der Waals surface area (Å²) in [7, 11) is 0. The Kier molecular flexibility index (Phi) is 3.44. The average Bonchev–Trinajstić information content (AvgIpc) is 2.17. The van der Waals surface area contributed by atoms with Crippen LogP contribution in [0.5, 0.6) is 0 Å². The maximum atomic E-state index is 11.4. The molecule has 1 fully saturated rings. The monoisotopic (exact) mass is 180 g/mol. The van der Waals surface area contributed by atoms with Crippen LogP contribution in [-0.2, 0) is 4.79 Å². The Balaban J connectivity index is 2.55. The predicted molar refractivity (Wildman–Crippen MR) is 50.1 cm³/mol. The maximum absolute atomic E-state index is 11.4. The van der Waals surface area contributed by atoms with Crippen LogP contribution in [0.1, 0.15) is 26.7 Å². The fourth-order valence-corrected chi connectivity index (χ4v) is 1.72. The van der Waals surface area contributed by atoms with E-state index in [2.05, 4.69) is 11.0 Å². The molecule has 0 bridgehead atoms. The van der Waals surface area contributed by atoms with Crippen LogP contribution < -0.4 is 0 Å². The van der Waals surface area contributed by atoms with E-state index in [1.54, 1.807) is 0 Å². The van der Waals surface area contributed by atoms with Crippen LogP contribution in [0.3, 0.4) is 0 Å². The van der Waals surface area contributed by atoms with Gasteiger partial charge in [-0.3, -0.25) is 9.69 Å². The van der Waals surface area contributed by atoms with E-state index in [0.717, 1.165) is 19.5 Å². The van der Waals surface area contributed by atoms with E-state index in [4.69, 9.17) is 5.26 Å². The molecule has 0 N–H and O–H groups in total. The molecular formula is C10H16N2O. The van der Waals surface area contributed by atoms with E-state index >= 15 is 0 Å². The zero-order valence-corrected chi connectivity index (χ0v) is 8.29. The van der Waals surface area contributed by atoms with Crippen molar-refractivity contribution >= 4 is 5.78 Å². The van der Waals surface area contributed by atoms with Gasteiger partial charge in [-0.15, -0.1) is 0 Å². The molecule has 0 aromatic heterocycles. The van der Waals surface area contributed by atoms with Crippen molar-refractivity contribution in [3.05, 3.63) is 0 Å². The second-order valence-corrected chi connectivity index (χ2v) is 3.62. The van der Waals surface area contributed by atoms with Crippen LogP contribution >= 0.6 is 0 Å². The van der Waals surface area contributed by atoms with Gasteiger partial charge in [0.25, 0.3) is 0 Å². The molecule has 0 aliphatic carbocycles. The highest BCUT2D eigenvalue weighted by Crippen LogP contribution is 2.17. The molecule has 72 valence electrons. The standard InChI is InChI=1S/C10H16N2O/c1-3-9-7-12(8(2)6-11)5-4-10(9)13/h8-9H,3-5,7H2,1-2H3. The number of piperidine rings is 1. The van der Waals surface area contributed by atoms with Crippen molar-refractivity contribution in [1.29, 1.82) is 5.26 Å². The van der Waals surface area contributed by atoms with Gasteiger partial charge >= 0.3 is 0 Å². The first-order valence-corrected chi connectivity index (χ1v) is 4.85. The second kappa shape index (κ2) is 4.38. The molecule has 2 atom stereocenters.